The Morgan fingerprint density at radius 2 is 1.84 bits per heavy atom. The zero-order valence-electron chi connectivity index (χ0n) is 10.2. The van der Waals surface area contributed by atoms with E-state index in [-0.39, 0.29) is 24.3 Å². The summed E-state index contributed by atoms with van der Waals surface area (Å²) in [5, 5.41) is 11.1. The Balaban J connectivity index is 2.53. The third kappa shape index (κ3) is 5.19. The molecule has 0 amide bonds. The summed E-state index contributed by atoms with van der Waals surface area (Å²) < 4.78 is 50.6. The SMILES string of the molecule is CS(=O)(=O)NCCCNc1c(F)cc(C#N)cc1F. The minimum atomic E-state index is -3.26. The van der Waals surface area contributed by atoms with Crippen molar-refractivity contribution in [1.29, 1.82) is 5.26 Å². The largest absolute Gasteiger partial charge is 0.380 e. The molecule has 1 rings (SSSR count). The molecule has 0 aliphatic heterocycles. The van der Waals surface area contributed by atoms with E-state index in [0.717, 1.165) is 18.4 Å². The highest BCUT2D eigenvalue weighted by Crippen LogP contribution is 2.20. The molecule has 0 heterocycles. The van der Waals surface area contributed by atoms with Gasteiger partial charge in [0.25, 0.3) is 0 Å². The Hall–Kier alpha value is -1.72. The van der Waals surface area contributed by atoms with Crippen LogP contribution in [0.25, 0.3) is 0 Å². The number of nitrogens with zero attached hydrogens (tertiary/aromatic N) is 1. The Morgan fingerprint density at radius 1 is 1.26 bits per heavy atom. The summed E-state index contributed by atoms with van der Waals surface area (Å²) in [4.78, 5) is 0. The van der Waals surface area contributed by atoms with Crippen molar-refractivity contribution in [2.45, 2.75) is 6.42 Å². The van der Waals surface area contributed by atoms with Crippen molar-refractivity contribution < 1.29 is 17.2 Å². The molecule has 0 aromatic heterocycles. The second-order valence-electron chi connectivity index (χ2n) is 3.87. The summed E-state index contributed by atoms with van der Waals surface area (Å²) in [7, 11) is -3.26. The lowest BCUT2D eigenvalue weighted by Gasteiger charge is -2.09. The normalized spacial score (nSPS) is 11.1. The number of hydrogen-bond donors (Lipinski definition) is 2. The van der Waals surface area contributed by atoms with Gasteiger partial charge in [-0.2, -0.15) is 5.26 Å². The maximum absolute atomic E-state index is 13.4. The average Bonchev–Trinajstić information content (AvgIpc) is 2.30. The van der Waals surface area contributed by atoms with Crippen LogP contribution in [0.4, 0.5) is 14.5 Å². The van der Waals surface area contributed by atoms with Crippen LogP contribution in [0.15, 0.2) is 12.1 Å². The van der Waals surface area contributed by atoms with Crippen molar-refractivity contribution in [3.05, 3.63) is 29.3 Å². The maximum Gasteiger partial charge on any atom is 0.208 e. The molecule has 19 heavy (non-hydrogen) atoms. The third-order valence-electron chi connectivity index (χ3n) is 2.19. The minimum Gasteiger partial charge on any atom is -0.380 e. The second kappa shape index (κ2) is 6.45. The van der Waals surface area contributed by atoms with Crippen molar-refractivity contribution in [3.63, 3.8) is 0 Å². The molecule has 0 fully saturated rings. The number of halogens is 2. The average molecular weight is 289 g/mol. The highest BCUT2D eigenvalue weighted by molar-refractivity contribution is 7.88. The van der Waals surface area contributed by atoms with Crippen LogP contribution in [0.5, 0.6) is 0 Å². The van der Waals surface area contributed by atoms with Crippen molar-refractivity contribution >= 4 is 15.7 Å². The zero-order chi connectivity index (χ0) is 14.5. The predicted molar refractivity (Wildman–Crippen MR) is 67.0 cm³/mol. The van der Waals surface area contributed by atoms with Gasteiger partial charge in [-0.25, -0.2) is 21.9 Å². The fourth-order valence-electron chi connectivity index (χ4n) is 1.37. The molecule has 1 aromatic carbocycles. The number of sulfonamides is 1. The van der Waals surface area contributed by atoms with E-state index in [2.05, 4.69) is 10.0 Å². The van der Waals surface area contributed by atoms with Crippen LogP contribution in [-0.2, 0) is 10.0 Å². The van der Waals surface area contributed by atoms with Gasteiger partial charge in [-0.15, -0.1) is 0 Å². The van der Waals surface area contributed by atoms with E-state index in [9.17, 15) is 17.2 Å². The van der Waals surface area contributed by atoms with Crippen molar-refractivity contribution in [3.8, 4) is 6.07 Å². The lowest BCUT2D eigenvalue weighted by Crippen LogP contribution is -2.24. The first-order valence-corrected chi connectivity index (χ1v) is 7.30. The monoisotopic (exact) mass is 289 g/mol. The minimum absolute atomic E-state index is 0.0979. The first-order valence-electron chi connectivity index (χ1n) is 5.41. The van der Waals surface area contributed by atoms with E-state index in [1.54, 1.807) is 6.07 Å². The molecule has 0 aliphatic carbocycles. The number of nitrogens with one attached hydrogen (secondary N) is 2. The van der Waals surface area contributed by atoms with Crippen molar-refractivity contribution in [2.24, 2.45) is 0 Å². The van der Waals surface area contributed by atoms with E-state index >= 15 is 0 Å². The van der Waals surface area contributed by atoms with E-state index in [1.165, 1.54) is 0 Å². The van der Waals surface area contributed by atoms with Crippen molar-refractivity contribution in [1.82, 2.24) is 4.72 Å². The quantitative estimate of drug-likeness (QED) is 0.771. The highest BCUT2D eigenvalue weighted by Gasteiger charge is 2.10. The Morgan fingerprint density at radius 3 is 2.32 bits per heavy atom. The molecule has 0 aliphatic rings. The van der Waals surface area contributed by atoms with Gasteiger partial charge < -0.3 is 5.32 Å². The van der Waals surface area contributed by atoms with Crippen LogP contribution < -0.4 is 10.0 Å². The summed E-state index contributed by atoms with van der Waals surface area (Å²) >= 11 is 0. The first-order chi connectivity index (χ1) is 8.83. The zero-order valence-corrected chi connectivity index (χ0v) is 11.0. The standard InChI is InChI=1S/C11H13F2N3O2S/c1-19(17,18)16-4-2-3-15-11-9(12)5-8(7-14)6-10(11)13/h5-6,15-16H,2-4H2,1H3. The summed E-state index contributed by atoms with van der Waals surface area (Å²) in [5.41, 5.74) is -0.419. The fraction of sp³-hybridized carbons (Fsp3) is 0.364. The summed E-state index contributed by atoms with van der Waals surface area (Å²) in [6, 6.07) is 3.51. The smallest absolute Gasteiger partial charge is 0.208 e. The first kappa shape index (κ1) is 15.3. The molecule has 0 saturated heterocycles. The summed E-state index contributed by atoms with van der Waals surface area (Å²) in [6.45, 7) is 0.369. The van der Waals surface area contributed by atoms with Gasteiger partial charge in [0.05, 0.1) is 17.9 Å². The van der Waals surface area contributed by atoms with Crippen LogP contribution in [0.1, 0.15) is 12.0 Å². The third-order valence-corrected chi connectivity index (χ3v) is 2.92. The molecule has 0 atom stereocenters. The number of anilines is 1. The van der Waals surface area contributed by atoms with Crippen LogP contribution in [0.2, 0.25) is 0 Å². The number of hydrogen-bond acceptors (Lipinski definition) is 4. The fourth-order valence-corrected chi connectivity index (χ4v) is 1.88. The molecule has 104 valence electrons. The topological polar surface area (TPSA) is 82.0 Å². The Kier molecular flexibility index (Phi) is 5.20. The van der Waals surface area contributed by atoms with Crippen LogP contribution in [0.3, 0.4) is 0 Å². The van der Waals surface area contributed by atoms with Gasteiger partial charge in [0, 0.05) is 13.1 Å². The molecule has 1 aromatic rings. The molecule has 5 nitrogen and oxygen atoms in total. The van der Waals surface area contributed by atoms with Gasteiger partial charge in [-0.3, -0.25) is 0 Å². The summed E-state index contributed by atoms with van der Waals surface area (Å²) in [6.07, 6.45) is 1.40. The number of nitriles is 1. The van der Waals surface area contributed by atoms with E-state index < -0.39 is 21.7 Å². The van der Waals surface area contributed by atoms with Gasteiger partial charge in [-0.1, -0.05) is 0 Å². The Labute approximate surface area is 110 Å². The van der Waals surface area contributed by atoms with E-state index in [0.29, 0.717) is 6.42 Å². The molecule has 0 saturated carbocycles. The maximum atomic E-state index is 13.4. The van der Waals surface area contributed by atoms with Gasteiger partial charge in [0.15, 0.2) is 11.6 Å². The number of benzene rings is 1. The molecule has 8 heteroatoms. The van der Waals surface area contributed by atoms with Gasteiger partial charge >= 0.3 is 0 Å². The van der Waals surface area contributed by atoms with Gasteiger partial charge in [-0.05, 0) is 18.6 Å². The lowest BCUT2D eigenvalue weighted by atomic mass is 10.2. The highest BCUT2D eigenvalue weighted by atomic mass is 32.2. The molecule has 2 N–H and O–H groups in total. The van der Waals surface area contributed by atoms with Gasteiger partial charge in [0.2, 0.25) is 10.0 Å². The molecular weight excluding hydrogens is 276 g/mol. The molecule has 0 unspecified atom stereocenters. The second-order valence-corrected chi connectivity index (χ2v) is 5.71. The summed E-state index contributed by atoms with van der Waals surface area (Å²) in [5.74, 6) is -1.71. The van der Waals surface area contributed by atoms with Crippen LogP contribution >= 0.6 is 0 Å². The lowest BCUT2D eigenvalue weighted by molar-refractivity contribution is 0.581. The van der Waals surface area contributed by atoms with E-state index in [1.807, 2.05) is 0 Å². The van der Waals surface area contributed by atoms with Gasteiger partial charge in [0.1, 0.15) is 5.69 Å². The molecule has 0 radical (unpaired) electrons. The molecule has 0 bridgehead atoms. The Bertz CT molecular complexity index is 573. The number of rotatable bonds is 6. The molecular formula is C11H13F2N3O2S. The predicted octanol–water partition coefficient (Wildman–Crippen LogP) is 1.19. The van der Waals surface area contributed by atoms with E-state index in [4.69, 9.17) is 5.26 Å². The van der Waals surface area contributed by atoms with Crippen LogP contribution in [-0.4, -0.2) is 27.8 Å². The molecule has 0 spiro atoms. The van der Waals surface area contributed by atoms with Crippen molar-refractivity contribution in [2.75, 3.05) is 24.7 Å². The van der Waals surface area contributed by atoms with Crippen LogP contribution in [0, 0.1) is 23.0 Å².